The predicted octanol–water partition coefficient (Wildman–Crippen LogP) is 3.74. The van der Waals surface area contributed by atoms with Crippen LogP contribution in [0.2, 0.25) is 0 Å². The number of nitrogens with zero attached hydrogens (tertiary/aromatic N) is 3. The van der Waals surface area contributed by atoms with Crippen molar-refractivity contribution in [1.82, 2.24) is 20.5 Å². The van der Waals surface area contributed by atoms with Gasteiger partial charge in [0.2, 0.25) is 11.8 Å². The van der Waals surface area contributed by atoms with E-state index in [0.29, 0.717) is 17.7 Å². The molecule has 0 bridgehead atoms. The number of amides is 1. The third-order valence-electron chi connectivity index (χ3n) is 3.88. The van der Waals surface area contributed by atoms with Gasteiger partial charge >= 0.3 is 0 Å². The van der Waals surface area contributed by atoms with E-state index in [-0.39, 0.29) is 11.7 Å². The van der Waals surface area contributed by atoms with Crippen molar-refractivity contribution < 1.29 is 13.9 Å². The summed E-state index contributed by atoms with van der Waals surface area (Å²) in [5.41, 5.74) is 1.88. The molecule has 2 heterocycles. The van der Waals surface area contributed by atoms with Gasteiger partial charge in [-0.05, 0) is 50.5 Å². The van der Waals surface area contributed by atoms with Crippen molar-refractivity contribution in [3.05, 3.63) is 40.3 Å². The van der Waals surface area contributed by atoms with Crippen molar-refractivity contribution in [2.24, 2.45) is 0 Å². The summed E-state index contributed by atoms with van der Waals surface area (Å²) in [4.78, 5) is 16.4. The minimum Gasteiger partial charge on any atom is -0.497 e. The Kier molecular flexibility index (Phi) is 7.44. The molecule has 7 nitrogen and oxygen atoms in total. The van der Waals surface area contributed by atoms with E-state index in [4.69, 9.17) is 9.15 Å². The molecule has 3 rings (SSSR count). The monoisotopic (exact) mass is 418 g/mol. The SMILES string of the molecule is COc1ccc(-c2nnc(SCC(=O)NCCCCc3nc(C)cs3)o2)cc1. The number of aromatic nitrogens is 3. The van der Waals surface area contributed by atoms with Crippen molar-refractivity contribution in [3.63, 3.8) is 0 Å². The van der Waals surface area contributed by atoms with Gasteiger partial charge in [0.15, 0.2) is 0 Å². The summed E-state index contributed by atoms with van der Waals surface area (Å²) in [5.74, 6) is 1.38. The summed E-state index contributed by atoms with van der Waals surface area (Å²) in [6, 6.07) is 7.35. The molecule has 0 radical (unpaired) electrons. The number of nitrogens with one attached hydrogen (secondary N) is 1. The molecule has 0 saturated heterocycles. The number of methoxy groups -OCH3 is 1. The average molecular weight is 419 g/mol. The summed E-state index contributed by atoms with van der Waals surface area (Å²) < 4.78 is 10.7. The number of unbranched alkanes of at least 4 members (excludes halogenated alkanes) is 1. The first-order valence-corrected chi connectivity index (χ1v) is 10.8. The normalized spacial score (nSPS) is 10.8. The van der Waals surface area contributed by atoms with E-state index >= 15 is 0 Å². The molecular formula is C19H22N4O3S2. The Morgan fingerprint density at radius 1 is 1.25 bits per heavy atom. The lowest BCUT2D eigenvalue weighted by molar-refractivity contribution is -0.118. The van der Waals surface area contributed by atoms with Crippen LogP contribution in [0, 0.1) is 6.92 Å². The highest BCUT2D eigenvalue weighted by molar-refractivity contribution is 7.99. The molecular weight excluding hydrogens is 396 g/mol. The van der Waals surface area contributed by atoms with Crippen LogP contribution in [0.4, 0.5) is 0 Å². The molecule has 1 N–H and O–H groups in total. The Morgan fingerprint density at radius 3 is 2.79 bits per heavy atom. The highest BCUT2D eigenvalue weighted by Gasteiger charge is 2.11. The van der Waals surface area contributed by atoms with Crippen molar-refractivity contribution in [2.75, 3.05) is 19.4 Å². The first-order valence-electron chi connectivity index (χ1n) is 8.92. The van der Waals surface area contributed by atoms with Gasteiger partial charge < -0.3 is 14.5 Å². The highest BCUT2D eigenvalue weighted by atomic mass is 32.2. The van der Waals surface area contributed by atoms with Crippen LogP contribution < -0.4 is 10.1 Å². The molecule has 3 aromatic rings. The lowest BCUT2D eigenvalue weighted by Crippen LogP contribution is -2.26. The molecule has 0 aliphatic carbocycles. The van der Waals surface area contributed by atoms with E-state index in [1.807, 2.05) is 31.2 Å². The fraction of sp³-hybridized carbons (Fsp3) is 0.368. The smallest absolute Gasteiger partial charge is 0.277 e. The van der Waals surface area contributed by atoms with Crippen LogP contribution in [0.15, 0.2) is 39.3 Å². The zero-order valence-corrected chi connectivity index (χ0v) is 17.4. The number of thiazole rings is 1. The summed E-state index contributed by atoms with van der Waals surface area (Å²) in [6.07, 6.45) is 2.89. The van der Waals surface area contributed by atoms with Gasteiger partial charge in [0.05, 0.1) is 17.9 Å². The lowest BCUT2D eigenvalue weighted by atomic mass is 10.2. The van der Waals surface area contributed by atoms with E-state index in [0.717, 1.165) is 41.3 Å². The van der Waals surface area contributed by atoms with E-state index < -0.39 is 0 Å². The van der Waals surface area contributed by atoms with Crippen LogP contribution in [0.5, 0.6) is 5.75 Å². The summed E-state index contributed by atoms with van der Waals surface area (Å²) >= 11 is 2.92. The molecule has 28 heavy (non-hydrogen) atoms. The van der Waals surface area contributed by atoms with Crippen LogP contribution in [0.1, 0.15) is 23.5 Å². The molecule has 0 fully saturated rings. The van der Waals surface area contributed by atoms with Gasteiger partial charge in [-0.15, -0.1) is 21.5 Å². The molecule has 9 heteroatoms. The predicted molar refractivity (Wildman–Crippen MR) is 110 cm³/mol. The van der Waals surface area contributed by atoms with Crippen LogP contribution in [0.25, 0.3) is 11.5 Å². The van der Waals surface area contributed by atoms with Gasteiger partial charge in [-0.2, -0.15) is 0 Å². The number of thioether (sulfide) groups is 1. The number of aryl methyl sites for hydroxylation is 2. The summed E-state index contributed by atoms with van der Waals surface area (Å²) in [6.45, 7) is 2.66. The highest BCUT2D eigenvalue weighted by Crippen LogP contribution is 2.24. The van der Waals surface area contributed by atoms with Crippen LogP contribution in [0.3, 0.4) is 0 Å². The standard InChI is InChI=1S/C19H22N4O3S2/c1-13-11-27-17(21-13)5-3-4-10-20-16(24)12-28-19-23-22-18(26-19)14-6-8-15(25-2)9-7-14/h6-9,11H,3-5,10,12H2,1-2H3,(H,20,24). The quantitative estimate of drug-likeness (QED) is 0.396. The molecule has 0 atom stereocenters. The van der Waals surface area contributed by atoms with Gasteiger partial charge in [-0.3, -0.25) is 4.79 Å². The topological polar surface area (TPSA) is 90.1 Å². The first-order chi connectivity index (χ1) is 13.6. The Labute approximate surface area is 171 Å². The van der Waals surface area contributed by atoms with E-state index in [1.54, 1.807) is 18.4 Å². The minimum absolute atomic E-state index is 0.0423. The third-order valence-corrected chi connectivity index (χ3v) is 5.72. The van der Waals surface area contributed by atoms with Crippen LogP contribution in [-0.4, -0.2) is 40.5 Å². The Morgan fingerprint density at radius 2 is 2.07 bits per heavy atom. The van der Waals surface area contributed by atoms with E-state index in [9.17, 15) is 4.79 Å². The second-order valence-corrected chi connectivity index (χ2v) is 7.95. The number of hydrogen-bond acceptors (Lipinski definition) is 8. The number of carbonyl (C=O) groups is 1. The molecule has 0 aliphatic heterocycles. The van der Waals surface area contributed by atoms with E-state index in [1.165, 1.54) is 11.8 Å². The summed E-state index contributed by atoms with van der Waals surface area (Å²) in [5, 5.41) is 14.5. The number of rotatable bonds is 10. The number of ether oxygens (including phenoxy) is 1. The molecule has 0 unspecified atom stereocenters. The Balaban J connectivity index is 1.34. The second kappa shape index (κ2) is 10.2. The maximum absolute atomic E-state index is 12.0. The largest absolute Gasteiger partial charge is 0.497 e. The number of benzene rings is 1. The van der Waals surface area contributed by atoms with Gasteiger partial charge in [0.1, 0.15) is 5.75 Å². The maximum Gasteiger partial charge on any atom is 0.277 e. The fourth-order valence-corrected chi connectivity index (χ4v) is 3.85. The zero-order chi connectivity index (χ0) is 19.8. The summed E-state index contributed by atoms with van der Waals surface area (Å²) in [7, 11) is 1.61. The minimum atomic E-state index is -0.0423. The molecule has 148 valence electrons. The lowest BCUT2D eigenvalue weighted by Gasteiger charge is -2.03. The Hall–Kier alpha value is -2.39. The molecule has 0 saturated carbocycles. The molecule has 0 aliphatic rings. The Bertz CT molecular complexity index is 893. The van der Waals surface area contributed by atoms with Crippen LogP contribution >= 0.6 is 23.1 Å². The van der Waals surface area contributed by atoms with Crippen molar-refractivity contribution >= 4 is 29.0 Å². The molecule has 2 aromatic heterocycles. The van der Waals surface area contributed by atoms with Crippen molar-refractivity contribution in [1.29, 1.82) is 0 Å². The van der Waals surface area contributed by atoms with Gasteiger partial charge in [-0.25, -0.2) is 4.98 Å². The van der Waals surface area contributed by atoms with Gasteiger partial charge in [0, 0.05) is 23.2 Å². The van der Waals surface area contributed by atoms with Crippen molar-refractivity contribution in [2.45, 2.75) is 31.4 Å². The molecule has 0 spiro atoms. The maximum atomic E-state index is 12.0. The van der Waals surface area contributed by atoms with Gasteiger partial charge in [-0.1, -0.05) is 11.8 Å². The second-order valence-electron chi connectivity index (χ2n) is 6.08. The molecule has 1 amide bonds. The zero-order valence-electron chi connectivity index (χ0n) is 15.8. The first kappa shape index (κ1) is 20.3. The average Bonchev–Trinajstić information content (AvgIpc) is 3.35. The van der Waals surface area contributed by atoms with Gasteiger partial charge in [0.25, 0.3) is 5.22 Å². The number of carbonyl (C=O) groups excluding carboxylic acids is 1. The fourth-order valence-electron chi connectivity index (χ4n) is 2.44. The van der Waals surface area contributed by atoms with Crippen LogP contribution in [-0.2, 0) is 11.2 Å². The van der Waals surface area contributed by atoms with E-state index in [2.05, 4.69) is 25.9 Å². The molecule has 1 aromatic carbocycles. The third kappa shape index (κ3) is 6.07. The number of hydrogen-bond donors (Lipinski definition) is 1. The van der Waals surface area contributed by atoms with Crippen molar-refractivity contribution in [3.8, 4) is 17.2 Å².